The SMILES string of the molecule is COc1cc(C)c(-c2cc(OC)c(Cl)c3c2C(=O)C2=C(C3=O)C(C)(C)c3cc(O)cc(O)c3C2=O)c(OC)c1. The van der Waals surface area contributed by atoms with E-state index in [1.54, 1.807) is 32.9 Å². The highest BCUT2D eigenvalue weighted by atomic mass is 35.5. The number of fused-ring (bicyclic) bond motifs is 2. The summed E-state index contributed by atoms with van der Waals surface area (Å²) in [6, 6.07) is 7.28. The van der Waals surface area contributed by atoms with Crippen molar-refractivity contribution >= 4 is 29.0 Å². The Morgan fingerprint density at radius 2 is 1.38 bits per heavy atom. The van der Waals surface area contributed by atoms with E-state index in [4.69, 9.17) is 25.8 Å². The minimum absolute atomic E-state index is 0.0676. The van der Waals surface area contributed by atoms with Gasteiger partial charge >= 0.3 is 0 Å². The molecule has 3 aromatic rings. The first-order valence-corrected chi connectivity index (χ1v) is 12.4. The highest BCUT2D eigenvalue weighted by molar-refractivity contribution is 6.46. The van der Waals surface area contributed by atoms with Crippen LogP contribution >= 0.6 is 11.6 Å². The van der Waals surface area contributed by atoms with Gasteiger partial charge in [0, 0.05) is 39.8 Å². The lowest BCUT2D eigenvalue weighted by Gasteiger charge is -2.38. The lowest BCUT2D eigenvalue weighted by atomic mass is 9.62. The Labute approximate surface area is 229 Å². The minimum atomic E-state index is -1.24. The van der Waals surface area contributed by atoms with E-state index in [0.29, 0.717) is 28.2 Å². The molecule has 3 aromatic carbocycles. The molecule has 9 heteroatoms. The third-order valence-corrected chi connectivity index (χ3v) is 7.84. The van der Waals surface area contributed by atoms with Crippen molar-refractivity contribution in [3.63, 3.8) is 0 Å². The zero-order valence-corrected chi connectivity index (χ0v) is 22.9. The average Bonchev–Trinajstić information content (AvgIpc) is 2.88. The number of aryl methyl sites for hydroxylation is 1. The second-order valence-corrected chi connectivity index (χ2v) is 10.3. The number of carbonyl (C=O) groups excluding carboxylic acids is 3. The number of phenolic OH excluding ortho intramolecular Hbond substituents is 2. The van der Waals surface area contributed by atoms with Crippen molar-refractivity contribution in [3.05, 3.63) is 74.3 Å². The number of ether oxygens (including phenoxy) is 3. The summed E-state index contributed by atoms with van der Waals surface area (Å²) in [5, 5.41) is 20.7. The zero-order chi connectivity index (χ0) is 28.5. The molecule has 39 heavy (non-hydrogen) atoms. The van der Waals surface area contributed by atoms with Gasteiger partial charge in [0.05, 0.1) is 43.1 Å². The van der Waals surface area contributed by atoms with Crippen molar-refractivity contribution in [2.45, 2.75) is 26.2 Å². The van der Waals surface area contributed by atoms with Crippen LogP contribution in [0.3, 0.4) is 0 Å². The van der Waals surface area contributed by atoms with Crippen LogP contribution < -0.4 is 14.2 Å². The number of allylic oxidation sites excluding steroid dienone is 2. The summed E-state index contributed by atoms with van der Waals surface area (Å²) in [6.07, 6.45) is 0. The second kappa shape index (κ2) is 8.88. The van der Waals surface area contributed by atoms with Gasteiger partial charge in [-0.15, -0.1) is 0 Å². The van der Waals surface area contributed by atoms with Crippen LogP contribution in [0.15, 0.2) is 41.5 Å². The fourth-order valence-corrected chi connectivity index (χ4v) is 5.98. The number of Topliss-reactive ketones (excluding diaryl/α,β-unsaturated/α-hetero) is 3. The smallest absolute Gasteiger partial charge is 0.201 e. The molecule has 0 fully saturated rings. The van der Waals surface area contributed by atoms with Crippen molar-refractivity contribution in [2.24, 2.45) is 0 Å². The van der Waals surface area contributed by atoms with Crippen LogP contribution in [-0.4, -0.2) is 48.9 Å². The van der Waals surface area contributed by atoms with Gasteiger partial charge in [-0.2, -0.15) is 0 Å². The van der Waals surface area contributed by atoms with E-state index in [1.165, 1.54) is 33.5 Å². The molecule has 2 aliphatic carbocycles. The maximum absolute atomic E-state index is 14.3. The van der Waals surface area contributed by atoms with E-state index in [-0.39, 0.29) is 49.9 Å². The molecule has 0 aromatic heterocycles. The van der Waals surface area contributed by atoms with Gasteiger partial charge in [0.1, 0.15) is 28.7 Å². The predicted molar refractivity (Wildman–Crippen MR) is 144 cm³/mol. The number of phenols is 2. The molecule has 0 radical (unpaired) electrons. The van der Waals surface area contributed by atoms with E-state index in [0.717, 1.165) is 6.07 Å². The average molecular weight is 549 g/mol. The van der Waals surface area contributed by atoms with Crippen LogP contribution in [0, 0.1) is 6.92 Å². The molecular formula is C30H25ClO8. The minimum Gasteiger partial charge on any atom is -0.508 e. The van der Waals surface area contributed by atoms with Crippen molar-refractivity contribution in [2.75, 3.05) is 21.3 Å². The van der Waals surface area contributed by atoms with Crippen molar-refractivity contribution < 1.29 is 38.8 Å². The number of halogens is 1. The van der Waals surface area contributed by atoms with Crippen LogP contribution in [0.1, 0.15) is 56.0 Å². The zero-order valence-electron chi connectivity index (χ0n) is 22.1. The van der Waals surface area contributed by atoms with Gasteiger partial charge < -0.3 is 24.4 Å². The van der Waals surface area contributed by atoms with Gasteiger partial charge in [-0.3, -0.25) is 14.4 Å². The summed E-state index contributed by atoms with van der Waals surface area (Å²) in [5.41, 5.74) is -0.278. The summed E-state index contributed by atoms with van der Waals surface area (Å²) in [4.78, 5) is 42.4. The molecule has 0 saturated carbocycles. The maximum Gasteiger partial charge on any atom is 0.201 e. The van der Waals surface area contributed by atoms with E-state index in [9.17, 15) is 24.6 Å². The summed E-state index contributed by atoms with van der Waals surface area (Å²) >= 11 is 6.68. The molecule has 0 heterocycles. The van der Waals surface area contributed by atoms with Crippen molar-refractivity contribution in [1.29, 1.82) is 0 Å². The van der Waals surface area contributed by atoms with E-state index < -0.39 is 28.5 Å². The number of rotatable bonds is 4. The Balaban J connectivity index is 1.89. The van der Waals surface area contributed by atoms with Gasteiger partial charge in [0.25, 0.3) is 0 Å². The molecular weight excluding hydrogens is 524 g/mol. The molecule has 0 spiro atoms. The number of hydrogen-bond acceptors (Lipinski definition) is 8. The van der Waals surface area contributed by atoms with Gasteiger partial charge in [0.2, 0.25) is 5.78 Å². The normalized spacial score (nSPS) is 15.5. The molecule has 2 aliphatic rings. The van der Waals surface area contributed by atoms with Crippen LogP contribution in [0.25, 0.3) is 11.1 Å². The van der Waals surface area contributed by atoms with Crippen LogP contribution in [0.4, 0.5) is 0 Å². The van der Waals surface area contributed by atoms with Crippen LogP contribution in [0.5, 0.6) is 28.7 Å². The van der Waals surface area contributed by atoms with Gasteiger partial charge in [-0.05, 0) is 36.2 Å². The monoisotopic (exact) mass is 548 g/mol. The van der Waals surface area contributed by atoms with E-state index >= 15 is 0 Å². The fourth-order valence-electron chi connectivity index (χ4n) is 5.67. The van der Waals surface area contributed by atoms with Gasteiger partial charge in [-0.1, -0.05) is 25.4 Å². The molecule has 5 rings (SSSR count). The number of carbonyl (C=O) groups is 3. The summed E-state index contributed by atoms with van der Waals surface area (Å²) in [5.74, 6) is -1.87. The summed E-state index contributed by atoms with van der Waals surface area (Å²) in [6.45, 7) is 5.09. The molecule has 0 saturated heterocycles. The molecule has 0 aliphatic heterocycles. The quantitative estimate of drug-likeness (QED) is 0.404. The molecule has 8 nitrogen and oxygen atoms in total. The molecule has 0 bridgehead atoms. The summed E-state index contributed by atoms with van der Waals surface area (Å²) in [7, 11) is 4.37. The first-order chi connectivity index (χ1) is 18.4. The first-order valence-electron chi connectivity index (χ1n) is 12.0. The topological polar surface area (TPSA) is 119 Å². The third kappa shape index (κ3) is 3.55. The Hall–Kier alpha value is -4.30. The highest BCUT2D eigenvalue weighted by Gasteiger charge is 2.50. The van der Waals surface area contributed by atoms with E-state index in [1.807, 2.05) is 0 Å². The van der Waals surface area contributed by atoms with Gasteiger partial charge in [-0.25, -0.2) is 0 Å². The molecule has 0 atom stereocenters. The second-order valence-electron chi connectivity index (χ2n) is 9.96. The molecule has 200 valence electrons. The number of hydrogen-bond donors (Lipinski definition) is 2. The highest BCUT2D eigenvalue weighted by Crippen LogP contribution is 2.53. The Morgan fingerprint density at radius 3 is 2.00 bits per heavy atom. The number of methoxy groups -OCH3 is 3. The maximum atomic E-state index is 14.3. The largest absolute Gasteiger partial charge is 0.508 e. The Morgan fingerprint density at radius 1 is 0.744 bits per heavy atom. The van der Waals surface area contributed by atoms with Crippen molar-refractivity contribution in [1.82, 2.24) is 0 Å². The lowest BCUT2D eigenvalue weighted by molar-refractivity contribution is 0.0909. The van der Waals surface area contributed by atoms with Crippen molar-refractivity contribution in [3.8, 4) is 39.9 Å². The molecule has 0 unspecified atom stereocenters. The predicted octanol–water partition coefficient (Wildman–Crippen LogP) is 5.60. The Kier molecular flexibility index (Phi) is 5.99. The molecule has 0 amide bonds. The van der Waals surface area contributed by atoms with Crippen LogP contribution in [0.2, 0.25) is 5.02 Å². The van der Waals surface area contributed by atoms with Gasteiger partial charge in [0.15, 0.2) is 11.6 Å². The molecule has 2 N–H and O–H groups in total. The lowest BCUT2D eigenvalue weighted by Crippen LogP contribution is -2.41. The van der Waals surface area contributed by atoms with Crippen LogP contribution in [-0.2, 0) is 5.41 Å². The number of ketones is 3. The fraction of sp³-hybridized carbons (Fsp3) is 0.233. The standard InChI is InChI=1S/C30H25ClO8/c1-12-7-14(37-4)10-18(38-5)20(12)15-11-19(39-6)26(31)23-21(15)27(34)24-25(29(23)36)30(2,3)16-8-13(32)9-17(33)22(16)28(24)35/h7-11,32-33H,1-6H3. The Bertz CT molecular complexity index is 1680. The number of benzene rings is 3. The first kappa shape index (κ1) is 26.3. The third-order valence-electron chi connectivity index (χ3n) is 7.46. The summed E-state index contributed by atoms with van der Waals surface area (Å²) < 4.78 is 16.5. The van der Waals surface area contributed by atoms with E-state index in [2.05, 4.69) is 0 Å². The number of aromatic hydroxyl groups is 2.